The van der Waals surface area contributed by atoms with E-state index in [4.69, 9.17) is 0 Å². The number of aromatic nitrogens is 1. The molecule has 1 aromatic heterocycles. The van der Waals surface area contributed by atoms with Crippen LogP contribution >= 0.6 is 0 Å². The minimum Gasteiger partial charge on any atom is -0.294 e. The average molecular weight is 370 g/mol. The van der Waals surface area contributed by atoms with Crippen LogP contribution in [0.3, 0.4) is 0 Å². The summed E-state index contributed by atoms with van der Waals surface area (Å²) >= 11 is 0. The van der Waals surface area contributed by atoms with Gasteiger partial charge in [-0.2, -0.15) is 0 Å². The molecule has 2 aliphatic rings. The highest BCUT2D eigenvalue weighted by atomic mass is 16.1. The third-order valence-electron chi connectivity index (χ3n) is 6.64. The van der Waals surface area contributed by atoms with Crippen molar-refractivity contribution < 1.29 is 4.79 Å². The molecule has 0 saturated carbocycles. The molecule has 0 radical (unpaired) electrons. The second-order valence-corrected chi connectivity index (χ2v) is 8.34. The largest absolute Gasteiger partial charge is 0.294 e. The summed E-state index contributed by atoms with van der Waals surface area (Å²) in [5.74, 6) is 0.412. The fraction of sp³-hybridized carbons (Fsp3) is 0.360. The zero-order valence-corrected chi connectivity index (χ0v) is 16.1. The molecule has 2 saturated heterocycles. The smallest absolute Gasteiger partial charge is 0.168 e. The fourth-order valence-corrected chi connectivity index (χ4v) is 5.28. The van der Waals surface area contributed by atoms with Crippen LogP contribution in [0.1, 0.15) is 48.0 Å². The van der Waals surface area contributed by atoms with E-state index in [9.17, 15) is 4.79 Å². The number of carbonyl (C=O) groups is 1. The van der Waals surface area contributed by atoms with Gasteiger partial charge in [-0.15, -0.1) is 0 Å². The molecule has 2 bridgehead atoms. The van der Waals surface area contributed by atoms with Gasteiger partial charge < -0.3 is 0 Å². The zero-order chi connectivity index (χ0) is 18.9. The van der Waals surface area contributed by atoms with Gasteiger partial charge in [0.2, 0.25) is 0 Å². The third kappa shape index (κ3) is 3.24. The van der Waals surface area contributed by atoms with Crippen LogP contribution in [0.5, 0.6) is 0 Å². The Labute approximate surface area is 166 Å². The topological polar surface area (TPSA) is 33.2 Å². The summed E-state index contributed by atoms with van der Waals surface area (Å²) in [7, 11) is 0. The van der Waals surface area contributed by atoms with Crippen molar-refractivity contribution >= 4 is 16.6 Å². The Morgan fingerprint density at radius 1 is 0.929 bits per heavy atom. The van der Waals surface area contributed by atoms with Gasteiger partial charge >= 0.3 is 0 Å². The number of rotatable bonds is 4. The highest BCUT2D eigenvalue weighted by Crippen LogP contribution is 2.39. The van der Waals surface area contributed by atoms with Crippen molar-refractivity contribution in [3.05, 3.63) is 78.1 Å². The minimum absolute atomic E-state index is 0.120. The van der Waals surface area contributed by atoms with Gasteiger partial charge in [0.05, 0.1) is 0 Å². The lowest BCUT2D eigenvalue weighted by molar-refractivity contribution is 0.00910. The molecule has 0 aliphatic carbocycles. The van der Waals surface area contributed by atoms with Crippen molar-refractivity contribution in [2.24, 2.45) is 5.92 Å². The van der Waals surface area contributed by atoms with Gasteiger partial charge in [0.1, 0.15) is 0 Å². The predicted molar refractivity (Wildman–Crippen MR) is 112 cm³/mol. The quantitative estimate of drug-likeness (QED) is 0.588. The van der Waals surface area contributed by atoms with Crippen molar-refractivity contribution in [2.45, 2.75) is 50.7 Å². The van der Waals surface area contributed by atoms with Crippen LogP contribution < -0.4 is 0 Å². The molecule has 28 heavy (non-hydrogen) atoms. The Morgan fingerprint density at radius 2 is 1.64 bits per heavy atom. The number of piperidine rings is 2. The summed E-state index contributed by atoms with van der Waals surface area (Å²) < 4.78 is 0. The first-order valence-electron chi connectivity index (χ1n) is 10.5. The second kappa shape index (κ2) is 7.48. The van der Waals surface area contributed by atoms with Crippen molar-refractivity contribution in [3.63, 3.8) is 0 Å². The van der Waals surface area contributed by atoms with E-state index in [1.165, 1.54) is 24.8 Å². The fourth-order valence-electron chi connectivity index (χ4n) is 5.28. The molecular formula is C25H26N2O. The minimum atomic E-state index is 0.120. The number of carbonyl (C=O) groups excluding carboxylic acids is 1. The lowest BCUT2D eigenvalue weighted by atomic mass is 9.75. The summed E-state index contributed by atoms with van der Waals surface area (Å²) in [6.07, 6.45) is 9.29. The summed E-state index contributed by atoms with van der Waals surface area (Å²) in [4.78, 5) is 20.5. The van der Waals surface area contributed by atoms with Crippen molar-refractivity contribution in [1.29, 1.82) is 0 Å². The molecule has 3 aromatic rings. The molecule has 0 spiro atoms. The van der Waals surface area contributed by atoms with Gasteiger partial charge in [0.15, 0.2) is 5.78 Å². The van der Waals surface area contributed by atoms with Crippen LogP contribution in [-0.4, -0.2) is 27.8 Å². The van der Waals surface area contributed by atoms with Gasteiger partial charge in [-0.1, -0.05) is 61.0 Å². The standard InChI is InChI=1S/C25H26N2O/c28-25(24-16-26-15-19-9-4-5-12-23(19)24)20-13-21-10-6-11-22(14-20)27(21)17-18-7-2-1-3-8-18/h1-5,7-9,12,15-16,20-22H,6,10-11,13-14,17H2. The maximum absolute atomic E-state index is 13.5. The molecule has 2 unspecified atom stereocenters. The lowest BCUT2D eigenvalue weighted by Gasteiger charge is -2.48. The first-order valence-corrected chi connectivity index (χ1v) is 10.5. The maximum atomic E-state index is 13.5. The number of pyridine rings is 1. The van der Waals surface area contributed by atoms with Gasteiger partial charge in [-0.3, -0.25) is 14.7 Å². The summed E-state index contributed by atoms with van der Waals surface area (Å²) in [6, 6.07) is 19.9. The van der Waals surface area contributed by atoms with E-state index in [-0.39, 0.29) is 5.92 Å². The van der Waals surface area contributed by atoms with E-state index in [1.807, 2.05) is 24.4 Å². The Kier molecular flexibility index (Phi) is 4.69. The number of hydrogen-bond acceptors (Lipinski definition) is 3. The molecule has 0 N–H and O–H groups in total. The number of fused-ring (bicyclic) bond motifs is 3. The molecule has 2 fully saturated rings. The highest BCUT2D eigenvalue weighted by molar-refractivity contribution is 6.08. The average Bonchev–Trinajstić information content (AvgIpc) is 2.73. The second-order valence-electron chi connectivity index (χ2n) is 8.34. The van der Waals surface area contributed by atoms with E-state index < -0.39 is 0 Å². The van der Waals surface area contributed by atoms with Crippen LogP contribution in [0.15, 0.2) is 67.0 Å². The van der Waals surface area contributed by atoms with Gasteiger partial charge in [-0.05, 0) is 36.6 Å². The molecule has 3 heteroatoms. The number of Topliss-reactive ketones (excluding diaryl/α,β-unsaturated/α-hetero) is 1. The molecule has 5 rings (SSSR count). The van der Waals surface area contributed by atoms with E-state index in [0.717, 1.165) is 35.7 Å². The Hall–Kier alpha value is -2.52. The first kappa shape index (κ1) is 17.6. The van der Waals surface area contributed by atoms with Gasteiger partial charge in [0.25, 0.3) is 0 Å². The Morgan fingerprint density at radius 3 is 2.43 bits per heavy atom. The summed E-state index contributed by atoms with van der Waals surface area (Å²) in [5.41, 5.74) is 2.18. The van der Waals surface area contributed by atoms with Crippen LogP contribution in [0, 0.1) is 5.92 Å². The van der Waals surface area contributed by atoms with E-state index in [1.54, 1.807) is 6.20 Å². The third-order valence-corrected chi connectivity index (χ3v) is 6.64. The SMILES string of the molecule is O=C(c1cncc2ccccc12)C1CC2CCCC(C1)N2Cc1ccccc1. The van der Waals surface area contributed by atoms with Crippen LogP contribution in [0.25, 0.3) is 10.8 Å². The van der Waals surface area contributed by atoms with E-state index in [0.29, 0.717) is 17.9 Å². The molecule has 2 atom stereocenters. The monoisotopic (exact) mass is 370 g/mol. The van der Waals surface area contributed by atoms with Crippen LogP contribution in [-0.2, 0) is 6.54 Å². The molecule has 2 aromatic carbocycles. The maximum Gasteiger partial charge on any atom is 0.168 e. The summed E-state index contributed by atoms with van der Waals surface area (Å²) in [5, 5.41) is 2.09. The van der Waals surface area contributed by atoms with E-state index >= 15 is 0 Å². The van der Waals surface area contributed by atoms with Gasteiger partial charge in [0, 0.05) is 47.9 Å². The van der Waals surface area contributed by atoms with Gasteiger partial charge in [-0.25, -0.2) is 0 Å². The zero-order valence-electron chi connectivity index (χ0n) is 16.1. The molecule has 3 heterocycles. The predicted octanol–water partition coefficient (Wildman–Crippen LogP) is 5.25. The van der Waals surface area contributed by atoms with Crippen LogP contribution in [0.2, 0.25) is 0 Å². The van der Waals surface area contributed by atoms with Crippen molar-refractivity contribution in [2.75, 3.05) is 0 Å². The van der Waals surface area contributed by atoms with E-state index in [2.05, 4.69) is 46.3 Å². The summed E-state index contributed by atoms with van der Waals surface area (Å²) in [6.45, 7) is 1.01. The number of nitrogens with zero attached hydrogens (tertiary/aromatic N) is 2. The number of benzene rings is 2. The molecule has 3 nitrogen and oxygen atoms in total. The Balaban J connectivity index is 1.39. The number of ketones is 1. The molecule has 142 valence electrons. The first-order chi connectivity index (χ1) is 13.8. The van der Waals surface area contributed by atoms with Crippen LogP contribution in [0.4, 0.5) is 0 Å². The number of hydrogen-bond donors (Lipinski definition) is 0. The molecular weight excluding hydrogens is 344 g/mol. The molecule has 2 aliphatic heterocycles. The van der Waals surface area contributed by atoms with Crippen molar-refractivity contribution in [1.82, 2.24) is 9.88 Å². The highest BCUT2D eigenvalue weighted by Gasteiger charge is 2.40. The Bertz CT molecular complexity index is 965. The lowest BCUT2D eigenvalue weighted by Crippen LogP contribution is -2.52. The normalized spacial score (nSPS) is 24.9. The molecule has 0 amide bonds. The van der Waals surface area contributed by atoms with Crippen molar-refractivity contribution in [3.8, 4) is 0 Å².